The van der Waals surface area contributed by atoms with E-state index >= 15 is 0 Å². The van der Waals surface area contributed by atoms with E-state index in [1.54, 1.807) is 11.3 Å². The number of nitrogens with one attached hydrogen (secondary N) is 2. The van der Waals surface area contributed by atoms with Gasteiger partial charge in [-0.25, -0.2) is 15.0 Å². The molecular weight excluding hydrogens is 506 g/mol. The van der Waals surface area contributed by atoms with Crippen LogP contribution in [0.4, 0.5) is 0 Å². The average Bonchev–Trinajstić information content (AvgIpc) is 3.47. The van der Waals surface area contributed by atoms with E-state index in [2.05, 4.69) is 60.8 Å². The summed E-state index contributed by atoms with van der Waals surface area (Å²) in [5, 5.41) is 9.73. The fraction of sp³-hybridized carbons (Fsp3) is 0.367. The van der Waals surface area contributed by atoms with Crippen molar-refractivity contribution in [2.24, 2.45) is 0 Å². The number of amides is 1. The molecule has 3 aromatic heterocycles. The van der Waals surface area contributed by atoms with Gasteiger partial charge < -0.3 is 10.6 Å². The van der Waals surface area contributed by atoms with Crippen LogP contribution >= 0.6 is 11.3 Å². The number of aryl methyl sites for hydroxylation is 3. The Hall–Kier alpha value is -3.53. The number of hydrogen-bond acceptors (Lipinski definition) is 8. The molecule has 0 aliphatic heterocycles. The quantitative estimate of drug-likeness (QED) is 0.269. The number of rotatable bonds is 11. The highest BCUT2D eigenvalue weighted by Crippen LogP contribution is 2.33. The summed E-state index contributed by atoms with van der Waals surface area (Å²) in [6, 6.07) is 13.0. The molecule has 3 heterocycles. The monoisotopic (exact) mass is 541 g/mol. The van der Waals surface area contributed by atoms with Crippen molar-refractivity contribution < 1.29 is 4.79 Å². The first-order valence-corrected chi connectivity index (χ1v) is 14.4. The van der Waals surface area contributed by atoms with Crippen LogP contribution in [0.5, 0.6) is 0 Å². The van der Waals surface area contributed by atoms with Gasteiger partial charge >= 0.3 is 0 Å². The second-order valence-electron chi connectivity index (χ2n) is 9.95. The van der Waals surface area contributed by atoms with E-state index in [0.717, 1.165) is 49.6 Å². The zero-order valence-corrected chi connectivity index (χ0v) is 23.4. The Morgan fingerprint density at radius 1 is 1.03 bits per heavy atom. The predicted octanol–water partition coefficient (Wildman–Crippen LogP) is 4.54. The third-order valence-electron chi connectivity index (χ3n) is 7.23. The molecule has 1 amide bonds. The number of hydrogen-bond donors (Lipinski definition) is 2. The van der Waals surface area contributed by atoms with E-state index in [0.29, 0.717) is 23.5 Å². The van der Waals surface area contributed by atoms with E-state index in [1.807, 2.05) is 37.7 Å². The number of thiazole rings is 1. The summed E-state index contributed by atoms with van der Waals surface area (Å²) in [6.45, 7) is 7.48. The molecule has 1 aromatic carbocycles. The van der Waals surface area contributed by atoms with Crippen LogP contribution in [0.1, 0.15) is 68.0 Å². The second-order valence-corrected chi connectivity index (χ2v) is 10.9. The normalized spacial score (nSPS) is 14.8. The highest BCUT2D eigenvalue weighted by Gasteiger charge is 2.27. The Labute approximate surface area is 234 Å². The van der Waals surface area contributed by atoms with Gasteiger partial charge in [0.2, 0.25) is 0 Å². The van der Waals surface area contributed by atoms with Gasteiger partial charge in [0.25, 0.3) is 5.91 Å². The molecule has 202 valence electrons. The number of pyridine rings is 1. The first-order valence-electron chi connectivity index (χ1n) is 13.5. The minimum Gasteiger partial charge on any atom is -0.348 e. The van der Waals surface area contributed by atoms with Gasteiger partial charge in [-0.2, -0.15) is 0 Å². The maximum Gasteiger partial charge on any atom is 0.255 e. The van der Waals surface area contributed by atoms with Gasteiger partial charge in [0.15, 0.2) is 0 Å². The van der Waals surface area contributed by atoms with Crippen LogP contribution in [0.15, 0.2) is 60.5 Å². The summed E-state index contributed by atoms with van der Waals surface area (Å²) in [6.07, 6.45) is 8.62. The minimum atomic E-state index is -0.145. The highest BCUT2D eigenvalue weighted by molar-refractivity contribution is 7.09. The number of nitrogens with zero attached hydrogens (tertiary/aromatic N) is 5. The lowest BCUT2D eigenvalue weighted by Crippen LogP contribution is -2.36. The van der Waals surface area contributed by atoms with Crippen molar-refractivity contribution in [3.63, 3.8) is 0 Å². The summed E-state index contributed by atoms with van der Waals surface area (Å²) < 4.78 is 0. The SMILES string of the molecule is Cc1ncnc(C)c1C(=O)NCc1cccc(CN(CCNCc2nccs2)C2CCCc3cccnc32)c1. The fourth-order valence-electron chi connectivity index (χ4n) is 5.31. The molecule has 5 rings (SSSR count). The zero-order chi connectivity index (χ0) is 27.0. The van der Waals surface area contributed by atoms with Crippen molar-refractivity contribution in [2.45, 2.75) is 58.8 Å². The summed E-state index contributed by atoms with van der Waals surface area (Å²) in [7, 11) is 0. The van der Waals surface area contributed by atoms with Crippen LogP contribution in [0.2, 0.25) is 0 Å². The minimum absolute atomic E-state index is 0.145. The van der Waals surface area contributed by atoms with Gasteiger partial charge in [-0.3, -0.25) is 14.7 Å². The number of aromatic nitrogens is 4. The van der Waals surface area contributed by atoms with E-state index in [9.17, 15) is 4.79 Å². The lowest BCUT2D eigenvalue weighted by atomic mass is 9.90. The van der Waals surface area contributed by atoms with Crippen LogP contribution in [0, 0.1) is 13.8 Å². The smallest absolute Gasteiger partial charge is 0.255 e. The maximum absolute atomic E-state index is 12.9. The van der Waals surface area contributed by atoms with E-state index in [4.69, 9.17) is 4.98 Å². The fourth-order valence-corrected chi connectivity index (χ4v) is 5.89. The number of carbonyl (C=O) groups is 1. The first kappa shape index (κ1) is 27.1. The number of benzene rings is 1. The molecule has 39 heavy (non-hydrogen) atoms. The van der Waals surface area contributed by atoms with Gasteiger partial charge in [0.05, 0.1) is 28.7 Å². The van der Waals surface area contributed by atoms with Crippen molar-refractivity contribution in [3.05, 3.63) is 105 Å². The van der Waals surface area contributed by atoms with Crippen molar-refractivity contribution in [3.8, 4) is 0 Å². The maximum atomic E-state index is 12.9. The molecule has 0 bridgehead atoms. The molecule has 1 aliphatic carbocycles. The van der Waals surface area contributed by atoms with E-state index in [1.165, 1.54) is 29.6 Å². The van der Waals surface area contributed by atoms with Crippen molar-refractivity contribution >= 4 is 17.2 Å². The van der Waals surface area contributed by atoms with Crippen molar-refractivity contribution in [1.29, 1.82) is 0 Å². The molecule has 2 N–H and O–H groups in total. The molecule has 1 atom stereocenters. The van der Waals surface area contributed by atoms with Crippen LogP contribution < -0.4 is 10.6 Å². The molecular formula is C30H35N7OS. The third kappa shape index (κ3) is 6.92. The Morgan fingerprint density at radius 2 is 1.87 bits per heavy atom. The van der Waals surface area contributed by atoms with Gasteiger partial charge in [-0.1, -0.05) is 30.3 Å². The van der Waals surface area contributed by atoms with Crippen LogP contribution in [-0.4, -0.2) is 43.8 Å². The molecule has 8 nitrogen and oxygen atoms in total. The molecule has 0 saturated carbocycles. The Morgan fingerprint density at radius 3 is 2.69 bits per heavy atom. The molecule has 4 aromatic rings. The van der Waals surface area contributed by atoms with Crippen molar-refractivity contribution in [1.82, 2.24) is 35.5 Å². The molecule has 1 unspecified atom stereocenters. The van der Waals surface area contributed by atoms with Crippen LogP contribution in [-0.2, 0) is 26.1 Å². The van der Waals surface area contributed by atoms with Gasteiger partial charge in [0.1, 0.15) is 11.3 Å². The van der Waals surface area contributed by atoms with E-state index < -0.39 is 0 Å². The van der Waals surface area contributed by atoms with E-state index in [-0.39, 0.29) is 11.9 Å². The Balaban J connectivity index is 1.28. The third-order valence-corrected chi connectivity index (χ3v) is 8.00. The van der Waals surface area contributed by atoms with Gasteiger partial charge in [-0.05, 0) is 55.9 Å². The largest absolute Gasteiger partial charge is 0.348 e. The Bertz CT molecular complexity index is 1370. The lowest BCUT2D eigenvalue weighted by Gasteiger charge is -2.35. The topological polar surface area (TPSA) is 95.9 Å². The summed E-state index contributed by atoms with van der Waals surface area (Å²) in [5.74, 6) is -0.145. The van der Waals surface area contributed by atoms with Gasteiger partial charge in [-0.15, -0.1) is 11.3 Å². The second kappa shape index (κ2) is 13.0. The molecule has 9 heteroatoms. The molecule has 0 radical (unpaired) electrons. The zero-order valence-electron chi connectivity index (χ0n) is 22.6. The number of carbonyl (C=O) groups excluding carboxylic acids is 1. The lowest BCUT2D eigenvalue weighted by molar-refractivity contribution is 0.0948. The van der Waals surface area contributed by atoms with Crippen molar-refractivity contribution in [2.75, 3.05) is 13.1 Å². The Kier molecular flexibility index (Phi) is 9.03. The standard InChI is InChI=1S/C30H35N7OS/c1-21-28(22(2)36-20-35-21)30(38)34-17-23-6-3-7-24(16-23)19-37(14-12-31-18-27-32-13-15-39-27)26-10-4-8-25-9-5-11-33-29(25)26/h3,5-7,9,11,13,15-16,20,26,31H,4,8,10,12,14,17-19H2,1-2H3,(H,34,38). The molecule has 0 spiro atoms. The highest BCUT2D eigenvalue weighted by atomic mass is 32.1. The average molecular weight is 542 g/mol. The number of fused-ring (bicyclic) bond motifs is 1. The van der Waals surface area contributed by atoms with Crippen LogP contribution in [0.25, 0.3) is 0 Å². The molecule has 0 saturated heterocycles. The molecule has 1 aliphatic rings. The van der Waals surface area contributed by atoms with Crippen LogP contribution in [0.3, 0.4) is 0 Å². The first-order chi connectivity index (χ1) is 19.1. The summed E-state index contributed by atoms with van der Waals surface area (Å²) in [4.78, 5) is 33.0. The summed E-state index contributed by atoms with van der Waals surface area (Å²) in [5.41, 5.74) is 6.79. The van der Waals surface area contributed by atoms with Gasteiger partial charge in [0, 0.05) is 50.5 Å². The predicted molar refractivity (Wildman–Crippen MR) is 153 cm³/mol. The summed E-state index contributed by atoms with van der Waals surface area (Å²) >= 11 is 1.68. The molecule has 0 fully saturated rings.